The molecule has 0 spiro atoms. The zero-order valence-electron chi connectivity index (χ0n) is 7.31. The molecule has 0 atom stereocenters. The fourth-order valence-electron chi connectivity index (χ4n) is 0.912. The fourth-order valence-corrected chi connectivity index (χ4v) is 1.23. The van der Waals surface area contributed by atoms with Crippen molar-refractivity contribution in [3.8, 4) is 5.75 Å². The first-order valence-corrected chi connectivity index (χ1v) is 4.13. The Labute approximate surface area is 92.2 Å². The quantitative estimate of drug-likeness (QED) is 0.558. The van der Waals surface area contributed by atoms with Crippen molar-refractivity contribution in [1.82, 2.24) is 6.15 Å². The molecule has 0 aromatic heterocycles. The monoisotopic (exact) mass is 278 g/mol. The second kappa shape index (κ2) is 4.71. The number of nitrogens with zero attached hydrogens (tertiary/aromatic N) is 1. The summed E-state index contributed by atoms with van der Waals surface area (Å²) in [6.45, 7) is 0. The van der Waals surface area contributed by atoms with Crippen LogP contribution in [0.1, 0.15) is 10.4 Å². The molecule has 0 saturated carbocycles. The summed E-state index contributed by atoms with van der Waals surface area (Å²) in [5.41, 5.74) is -1.36. The number of hydrogen-bond donors (Lipinski definition) is 3. The van der Waals surface area contributed by atoms with Crippen LogP contribution in [0.3, 0.4) is 0 Å². The molecule has 0 aliphatic heterocycles. The van der Waals surface area contributed by atoms with E-state index in [9.17, 15) is 20.0 Å². The topological polar surface area (TPSA) is 136 Å². The maximum absolute atomic E-state index is 10.6. The van der Waals surface area contributed by atoms with Crippen LogP contribution in [0.15, 0.2) is 16.6 Å². The summed E-state index contributed by atoms with van der Waals surface area (Å²) >= 11 is 2.85. The number of carbonyl (C=O) groups is 1. The largest absolute Gasteiger partial charge is 0.501 e. The zero-order chi connectivity index (χ0) is 10.9. The Bertz CT molecular complexity index is 420. The molecule has 1 aromatic rings. The molecule has 5 N–H and O–H groups in total. The molecule has 0 fully saturated rings. The minimum Gasteiger partial charge on any atom is -0.501 e. The number of phenolic OH excluding ortho intramolecular Hbond substituents is 1. The van der Waals surface area contributed by atoms with Gasteiger partial charge in [-0.2, -0.15) is 0 Å². The normalized spacial score (nSPS) is 9.13. The van der Waals surface area contributed by atoms with Gasteiger partial charge in [0.1, 0.15) is 5.56 Å². The van der Waals surface area contributed by atoms with E-state index in [-0.39, 0.29) is 10.6 Å². The van der Waals surface area contributed by atoms with Gasteiger partial charge in [0.15, 0.2) is 0 Å². The molecule has 0 unspecified atom stereocenters. The van der Waals surface area contributed by atoms with E-state index in [0.29, 0.717) is 0 Å². The molecule has 15 heavy (non-hydrogen) atoms. The Kier molecular flexibility index (Phi) is 4.19. The molecule has 0 bridgehead atoms. The van der Waals surface area contributed by atoms with Gasteiger partial charge < -0.3 is 16.4 Å². The van der Waals surface area contributed by atoms with Crippen molar-refractivity contribution >= 4 is 27.6 Å². The standard InChI is InChI=1S/C7H4BrNO5.H3N/c8-4-2-1-3(7(11)12)5(6(4)10)9(13)14;/h1-2,10H,(H,11,12);1H3. The second-order valence-electron chi connectivity index (χ2n) is 2.35. The van der Waals surface area contributed by atoms with Crippen molar-refractivity contribution in [2.24, 2.45) is 0 Å². The van der Waals surface area contributed by atoms with Gasteiger partial charge in [0.2, 0.25) is 5.75 Å². The molecular weight excluding hydrogens is 272 g/mol. The lowest BCUT2D eigenvalue weighted by molar-refractivity contribution is -0.386. The SMILES string of the molecule is N.O=C(O)c1ccc(Br)c(O)c1[N+](=O)[O-]. The molecule has 7 nitrogen and oxygen atoms in total. The van der Waals surface area contributed by atoms with Gasteiger partial charge in [-0.05, 0) is 28.1 Å². The van der Waals surface area contributed by atoms with Gasteiger partial charge in [-0.1, -0.05) is 0 Å². The summed E-state index contributed by atoms with van der Waals surface area (Å²) in [6.07, 6.45) is 0. The maximum Gasteiger partial charge on any atom is 0.342 e. The Morgan fingerprint density at radius 1 is 1.47 bits per heavy atom. The Morgan fingerprint density at radius 3 is 2.40 bits per heavy atom. The van der Waals surface area contributed by atoms with E-state index in [1.807, 2.05) is 0 Å². The number of carboxylic acid groups (broad SMARTS) is 1. The average molecular weight is 279 g/mol. The van der Waals surface area contributed by atoms with E-state index in [1.54, 1.807) is 0 Å². The number of benzene rings is 1. The van der Waals surface area contributed by atoms with Gasteiger partial charge in [-0.15, -0.1) is 0 Å². The summed E-state index contributed by atoms with van der Waals surface area (Å²) < 4.78 is 0.0780. The summed E-state index contributed by atoms with van der Waals surface area (Å²) in [5.74, 6) is -2.14. The van der Waals surface area contributed by atoms with Crippen molar-refractivity contribution in [3.05, 3.63) is 32.3 Å². The highest BCUT2D eigenvalue weighted by Crippen LogP contribution is 2.36. The molecule has 0 heterocycles. The third-order valence-corrected chi connectivity index (χ3v) is 2.15. The number of aromatic hydroxyl groups is 1. The van der Waals surface area contributed by atoms with Gasteiger partial charge in [0, 0.05) is 0 Å². The minimum atomic E-state index is -1.46. The van der Waals surface area contributed by atoms with Crippen molar-refractivity contribution in [1.29, 1.82) is 0 Å². The van der Waals surface area contributed by atoms with Crippen LogP contribution in [0.5, 0.6) is 5.75 Å². The molecule has 1 aromatic carbocycles. The van der Waals surface area contributed by atoms with Gasteiger partial charge in [-0.3, -0.25) is 10.1 Å². The van der Waals surface area contributed by atoms with E-state index in [2.05, 4.69) is 15.9 Å². The first-order valence-electron chi connectivity index (χ1n) is 3.34. The number of nitro groups is 1. The van der Waals surface area contributed by atoms with E-state index >= 15 is 0 Å². The van der Waals surface area contributed by atoms with Crippen LogP contribution in [0.25, 0.3) is 0 Å². The Morgan fingerprint density at radius 2 is 2.00 bits per heavy atom. The number of carboxylic acids is 1. The molecule has 0 saturated heterocycles. The van der Waals surface area contributed by atoms with Crippen molar-refractivity contribution in [2.75, 3.05) is 0 Å². The third-order valence-electron chi connectivity index (χ3n) is 1.51. The highest BCUT2D eigenvalue weighted by atomic mass is 79.9. The predicted octanol–water partition coefficient (Wildman–Crippen LogP) is 1.92. The zero-order valence-corrected chi connectivity index (χ0v) is 8.89. The summed E-state index contributed by atoms with van der Waals surface area (Å²) in [6, 6.07) is 2.27. The second-order valence-corrected chi connectivity index (χ2v) is 3.21. The van der Waals surface area contributed by atoms with E-state index in [4.69, 9.17) is 5.11 Å². The van der Waals surface area contributed by atoms with Crippen LogP contribution in [0.4, 0.5) is 5.69 Å². The van der Waals surface area contributed by atoms with Crippen molar-refractivity contribution in [2.45, 2.75) is 0 Å². The van der Waals surface area contributed by atoms with Crippen LogP contribution in [0.2, 0.25) is 0 Å². The lowest BCUT2D eigenvalue weighted by atomic mass is 10.1. The Balaban J connectivity index is 0.00000196. The van der Waals surface area contributed by atoms with Crippen molar-refractivity contribution < 1.29 is 19.9 Å². The van der Waals surface area contributed by atoms with Crippen LogP contribution >= 0.6 is 15.9 Å². The Hall–Kier alpha value is -1.67. The van der Waals surface area contributed by atoms with Gasteiger partial charge in [0.05, 0.1) is 9.40 Å². The third kappa shape index (κ3) is 2.42. The van der Waals surface area contributed by atoms with Crippen LogP contribution in [-0.2, 0) is 0 Å². The molecular formula is C7H7BrN2O5. The van der Waals surface area contributed by atoms with Gasteiger partial charge >= 0.3 is 11.7 Å². The molecule has 0 radical (unpaired) electrons. The lowest BCUT2D eigenvalue weighted by Gasteiger charge is -2.01. The van der Waals surface area contributed by atoms with Crippen molar-refractivity contribution in [3.63, 3.8) is 0 Å². The van der Waals surface area contributed by atoms with Gasteiger partial charge in [-0.25, -0.2) is 4.79 Å². The molecule has 0 aliphatic carbocycles. The molecule has 8 heteroatoms. The number of rotatable bonds is 2. The fraction of sp³-hybridized carbons (Fsp3) is 0. The molecule has 1 rings (SSSR count). The van der Waals surface area contributed by atoms with Gasteiger partial charge in [0.25, 0.3) is 0 Å². The number of phenols is 1. The predicted molar refractivity (Wildman–Crippen MR) is 54.4 cm³/mol. The number of hydrogen-bond acceptors (Lipinski definition) is 5. The number of halogens is 1. The number of nitro benzene ring substituents is 1. The van der Waals surface area contributed by atoms with Crippen LogP contribution in [0, 0.1) is 10.1 Å². The van der Waals surface area contributed by atoms with Crippen LogP contribution in [-0.4, -0.2) is 21.1 Å². The van der Waals surface area contributed by atoms with Crippen LogP contribution < -0.4 is 6.15 Å². The number of aromatic carboxylic acids is 1. The summed E-state index contributed by atoms with van der Waals surface area (Å²) in [5, 5.41) is 28.3. The van der Waals surface area contributed by atoms with E-state index in [0.717, 1.165) is 6.07 Å². The first-order chi connectivity index (χ1) is 6.45. The molecule has 82 valence electrons. The smallest absolute Gasteiger partial charge is 0.342 e. The van der Waals surface area contributed by atoms with E-state index < -0.39 is 27.9 Å². The van der Waals surface area contributed by atoms with E-state index in [1.165, 1.54) is 6.07 Å². The summed E-state index contributed by atoms with van der Waals surface area (Å²) in [7, 11) is 0. The highest BCUT2D eigenvalue weighted by Gasteiger charge is 2.26. The average Bonchev–Trinajstić information content (AvgIpc) is 2.08. The molecule has 0 aliphatic rings. The molecule has 0 amide bonds. The minimum absolute atomic E-state index is 0. The highest BCUT2D eigenvalue weighted by molar-refractivity contribution is 9.10. The first kappa shape index (κ1) is 13.3. The maximum atomic E-state index is 10.6. The summed E-state index contributed by atoms with van der Waals surface area (Å²) in [4.78, 5) is 20.1. The lowest BCUT2D eigenvalue weighted by Crippen LogP contribution is -2.02.